The maximum atomic E-state index is 13.1. The highest BCUT2D eigenvalue weighted by molar-refractivity contribution is 7.98. The number of para-hydroxylation sites is 1. The monoisotopic (exact) mass is 495 g/mol. The van der Waals surface area contributed by atoms with Gasteiger partial charge in [0.15, 0.2) is 5.16 Å². The summed E-state index contributed by atoms with van der Waals surface area (Å²) < 4.78 is 41.4. The van der Waals surface area contributed by atoms with E-state index < -0.39 is 11.7 Å². The molecule has 180 valence electrons. The van der Waals surface area contributed by atoms with Gasteiger partial charge in [0.25, 0.3) is 0 Å². The third kappa shape index (κ3) is 5.51. The number of aliphatic imine (C=N–C) groups is 1. The van der Waals surface area contributed by atoms with Gasteiger partial charge in [0, 0.05) is 54.2 Å². The minimum Gasteiger partial charge on any atom is -0.361 e. The number of aromatic nitrogens is 4. The smallest absolute Gasteiger partial charge is 0.361 e. The molecule has 0 aliphatic carbocycles. The van der Waals surface area contributed by atoms with Crippen molar-refractivity contribution in [2.45, 2.75) is 49.3 Å². The van der Waals surface area contributed by atoms with Gasteiger partial charge in [-0.25, -0.2) is 0 Å². The predicted molar refractivity (Wildman–Crippen MR) is 133 cm³/mol. The molecule has 35 heavy (non-hydrogen) atoms. The number of hydrogen-bond acceptors (Lipinski definition) is 4. The van der Waals surface area contributed by atoms with E-state index in [-0.39, 0.29) is 0 Å². The van der Waals surface area contributed by atoms with Crippen molar-refractivity contribution in [2.75, 3.05) is 0 Å². The molecule has 3 heterocycles. The summed E-state index contributed by atoms with van der Waals surface area (Å²) in [5.74, 6) is 1.22. The van der Waals surface area contributed by atoms with E-state index in [0.717, 1.165) is 53.3 Å². The first-order valence-corrected chi connectivity index (χ1v) is 12.4. The summed E-state index contributed by atoms with van der Waals surface area (Å²) in [5.41, 5.74) is 3.26. The maximum absolute atomic E-state index is 13.1. The normalized spacial score (nSPS) is 13.6. The zero-order chi connectivity index (χ0) is 24.3. The molecule has 0 amide bonds. The highest BCUT2D eigenvalue weighted by atomic mass is 32.2. The fourth-order valence-electron chi connectivity index (χ4n) is 4.21. The van der Waals surface area contributed by atoms with Crippen molar-refractivity contribution in [1.82, 2.24) is 19.7 Å². The van der Waals surface area contributed by atoms with Gasteiger partial charge < -0.3 is 9.55 Å². The molecule has 2 aromatic carbocycles. The number of thioether (sulfide) groups is 1. The molecule has 0 saturated carbocycles. The lowest BCUT2D eigenvalue weighted by Gasteiger charge is -2.11. The number of benzene rings is 2. The second-order valence-electron chi connectivity index (χ2n) is 8.42. The Labute approximate surface area is 205 Å². The van der Waals surface area contributed by atoms with Gasteiger partial charge >= 0.3 is 6.18 Å². The van der Waals surface area contributed by atoms with E-state index in [4.69, 9.17) is 0 Å². The number of halogens is 3. The lowest BCUT2D eigenvalue weighted by molar-refractivity contribution is -0.137. The molecular formula is C26H24F3N5S. The van der Waals surface area contributed by atoms with Gasteiger partial charge in [-0.05, 0) is 36.1 Å². The minimum absolute atomic E-state index is 0.380. The van der Waals surface area contributed by atoms with E-state index >= 15 is 0 Å². The van der Waals surface area contributed by atoms with E-state index in [0.29, 0.717) is 29.4 Å². The first kappa shape index (κ1) is 23.4. The van der Waals surface area contributed by atoms with E-state index in [1.54, 1.807) is 6.07 Å². The van der Waals surface area contributed by atoms with Crippen LogP contribution in [0.5, 0.6) is 0 Å². The predicted octanol–water partition coefficient (Wildman–Crippen LogP) is 6.80. The Morgan fingerprint density at radius 2 is 1.94 bits per heavy atom. The van der Waals surface area contributed by atoms with Gasteiger partial charge in [0.05, 0.1) is 5.56 Å². The standard InChI is InChI=1S/C26H24F3N5S/c27-26(28,29)20-7-3-6-18(14-20)17-35-25-33-32-24(34(25)13-5-9-21-8-4-12-30-21)15-19-16-31-23-11-2-1-10-22(19)23/h1-3,6-8,10-12,14,16,31H,4-5,9,13,15,17H2. The van der Waals surface area contributed by atoms with Crippen molar-refractivity contribution < 1.29 is 13.2 Å². The highest BCUT2D eigenvalue weighted by Gasteiger charge is 2.30. The Bertz CT molecular complexity index is 1380. The van der Waals surface area contributed by atoms with Crippen LogP contribution in [0, 0.1) is 0 Å². The quantitative estimate of drug-likeness (QED) is 0.260. The van der Waals surface area contributed by atoms with E-state index in [9.17, 15) is 13.2 Å². The molecule has 4 aromatic rings. The van der Waals surface area contributed by atoms with Gasteiger partial charge in [-0.3, -0.25) is 4.99 Å². The van der Waals surface area contributed by atoms with E-state index in [1.165, 1.54) is 23.9 Å². The van der Waals surface area contributed by atoms with Crippen LogP contribution in [0.3, 0.4) is 0 Å². The van der Waals surface area contributed by atoms with Gasteiger partial charge in [-0.1, -0.05) is 54.2 Å². The molecule has 0 fully saturated rings. The Morgan fingerprint density at radius 3 is 2.77 bits per heavy atom. The van der Waals surface area contributed by atoms with Crippen LogP contribution in [0.2, 0.25) is 0 Å². The fraction of sp³-hybridized carbons (Fsp3) is 0.269. The van der Waals surface area contributed by atoms with Crippen LogP contribution < -0.4 is 0 Å². The second kappa shape index (κ2) is 10.1. The summed E-state index contributed by atoms with van der Waals surface area (Å²) in [5, 5.41) is 10.7. The topological polar surface area (TPSA) is 58.9 Å². The summed E-state index contributed by atoms with van der Waals surface area (Å²) in [4.78, 5) is 7.69. The number of nitrogens with zero attached hydrogens (tertiary/aromatic N) is 4. The van der Waals surface area contributed by atoms with Crippen molar-refractivity contribution in [3.8, 4) is 0 Å². The zero-order valence-electron chi connectivity index (χ0n) is 18.9. The molecule has 0 spiro atoms. The Hall–Kier alpha value is -3.33. The molecule has 0 saturated heterocycles. The van der Waals surface area contributed by atoms with Crippen molar-refractivity contribution in [3.63, 3.8) is 0 Å². The summed E-state index contributed by atoms with van der Waals surface area (Å²) in [6.07, 6.45) is 4.91. The van der Waals surface area contributed by atoms with Crippen molar-refractivity contribution >= 4 is 28.9 Å². The van der Waals surface area contributed by atoms with Gasteiger partial charge in [-0.2, -0.15) is 13.2 Å². The molecule has 0 radical (unpaired) electrons. The average molecular weight is 496 g/mol. The number of nitrogens with one attached hydrogen (secondary N) is 1. The Morgan fingerprint density at radius 1 is 1.06 bits per heavy atom. The maximum Gasteiger partial charge on any atom is 0.416 e. The van der Waals surface area contributed by atoms with Crippen molar-refractivity contribution in [1.29, 1.82) is 0 Å². The number of alkyl halides is 3. The van der Waals surface area contributed by atoms with E-state index in [1.807, 2.05) is 30.6 Å². The first-order chi connectivity index (χ1) is 17.0. The molecule has 1 aliphatic rings. The van der Waals surface area contributed by atoms with Crippen molar-refractivity contribution in [3.05, 3.63) is 89.0 Å². The van der Waals surface area contributed by atoms with Crippen LogP contribution in [-0.2, 0) is 24.9 Å². The minimum atomic E-state index is -4.36. The molecule has 0 unspecified atom stereocenters. The van der Waals surface area contributed by atoms with Crippen LogP contribution in [0.25, 0.3) is 10.9 Å². The molecule has 1 N–H and O–H groups in total. The SMILES string of the molecule is FC(F)(F)c1cccc(CSc2nnc(Cc3c[nH]c4ccccc34)n2CCCC2=CCC=N2)c1. The van der Waals surface area contributed by atoms with Crippen LogP contribution in [0.15, 0.2) is 76.6 Å². The Kier molecular flexibility index (Phi) is 6.77. The average Bonchev–Trinajstić information content (AvgIpc) is 3.59. The van der Waals surface area contributed by atoms with Gasteiger partial charge in [-0.15, -0.1) is 10.2 Å². The third-order valence-electron chi connectivity index (χ3n) is 5.97. The lowest BCUT2D eigenvalue weighted by atomic mass is 10.1. The van der Waals surface area contributed by atoms with Crippen LogP contribution in [-0.4, -0.2) is 26.0 Å². The van der Waals surface area contributed by atoms with Gasteiger partial charge in [0.2, 0.25) is 0 Å². The molecule has 9 heteroatoms. The van der Waals surface area contributed by atoms with Crippen LogP contribution in [0.1, 0.15) is 41.8 Å². The third-order valence-corrected chi connectivity index (χ3v) is 7.01. The summed E-state index contributed by atoms with van der Waals surface area (Å²) in [6.45, 7) is 0.711. The largest absolute Gasteiger partial charge is 0.416 e. The first-order valence-electron chi connectivity index (χ1n) is 11.4. The lowest BCUT2D eigenvalue weighted by Crippen LogP contribution is -2.07. The fourth-order valence-corrected chi connectivity index (χ4v) is 5.14. The van der Waals surface area contributed by atoms with Crippen molar-refractivity contribution in [2.24, 2.45) is 4.99 Å². The number of aromatic amines is 1. The molecule has 1 aliphatic heterocycles. The molecular weight excluding hydrogens is 471 g/mol. The zero-order valence-corrected chi connectivity index (χ0v) is 19.7. The number of hydrogen-bond donors (Lipinski definition) is 1. The molecule has 5 nitrogen and oxygen atoms in total. The molecule has 2 aromatic heterocycles. The number of allylic oxidation sites excluding steroid dienone is 2. The number of H-pyrrole nitrogens is 1. The van der Waals surface area contributed by atoms with E-state index in [2.05, 4.69) is 36.9 Å². The van der Waals surface area contributed by atoms with Crippen LogP contribution >= 0.6 is 11.8 Å². The number of rotatable bonds is 9. The summed E-state index contributed by atoms with van der Waals surface area (Å²) >= 11 is 1.41. The Balaban J connectivity index is 1.36. The van der Waals surface area contributed by atoms with Crippen LogP contribution in [0.4, 0.5) is 13.2 Å². The molecule has 0 bridgehead atoms. The van der Waals surface area contributed by atoms with Gasteiger partial charge in [0.1, 0.15) is 5.82 Å². The molecule has 5 rings (SSSR count). The summed E-state index contributed by atoms with van der Waals surface area (Å²) in [6, 6.07) is 13.6. The second-order valence-corrected chi connectivity index (χ2v) is 9.36. The summed E-state index contributed by atoms with van der Waals surface area (Å²) in [7, 11) is 0. The number of fused-ring (bicyclic) bond motifs is 1. The molecule has 0 atom stereocenters. The highest BCUT2D eigenvalue weighted by Crippen LogP contribution is 2.31.